The van der Waals surface area contributed by atoms with Crippen LogP contribution < -0.4 is 10.6 Å². The van der Waals surface area contributed by atoms with E-state index in [1.54, 1.807) is 13.1 Å². The van der Waals surface area contributed by atoms with Crippen LogP contribution in [0.4, 0.5) is 0 Å². The summed E-state index contributed by atoms with van der Waals surface area (Å²) in [6.45, 7) is 5.70. The second-order valence-corrected chi connectivity index (χ2v) is 11.4. The first kappa shape index (κ1) is 29.2. The Balaban J connectivity index is 1.74. The molecule has 2 N–H and O–H groups in total. The highest BCUT2D eigenvalue weighted by molar-refractivity contribution is 7.18. The van der Waals surface area contributed by atoms with E-state index in [1.165, 1.54) is 11.3 Å². The van der Waals surface area contributed by atoms with Gasteiger partial charge >= 0.3 is 0 Å². The molecule has 3 rings (SSSR count). The lowest BCUT2D eigenvalue weighted by molar-refractivity contribution is -0.131. The second-order valence-electron chi connectivity index (χ2n) is 9.87. The third-order valence-electron chi connectivity index (χ3n) is 6.64. The number of amides is 2. The lowest BCUT2D eigenvalue weighted by atomic mass is 9.87. The molecule has 2 amide bonds. The average molecular weight is 549 g/mol. The van der Waals surface area contributed by atoms with Crippen molar-refractivity contribution >= 4 is 50.8 Å². The Morgan fingerprint density at radius 1 is 1.27 bits per heavy atom. The normalized spacial score (nSPS) is 15.9. The largest absolute Gasteiger partial charge is 0.381 e. The third-order valence-corrected chi connectivity index (χ3v) is 7.92. The molecule has 1 aromatic heterocycles. The van der Waals surface area contributed by atoms with Crippen LogP contribution in [0.3, 0.4) is 0 Å². The molecule has 8 nitrogen and oxygen atoms in total. The zero-order chi connectivity index (χ0) is 26.9. The Hall–Kier alpha value is -2.33. The van der Waals surface area contributed by atoms with Crippen LogP contribution in [0.15, 0.2) is 30.4 Å². The molecule has 0 unspecified atom stereocenters. The highest BCUT2D eigenvalue weighted by Crippen LogP contribution is 2.28. The summed E-state index contributed by atoms with van der Waals surface area (Å²) in [7, 11) is 5.36. The summed E-state index contributed by atoms with van der Waals surface area (Å²) in [5.74, 6) is -0.773. The van der Waals surface area contributed by atoms with Crippen LogP contribution in [0.2, 0.25) is 5.02 Å². The Labute approximate surface area is 227 Å². The van der Waals surface area contributed by atoms with Crippen molar-refractivity contribution in [3.63, 3.8) is 0 Å². The van der Waals surface area contributed by atoms with Crippen molar-refractivity contribution in [2.75, 3.05) is 40.9 Å². The molecule has 1 aliphatic heterocycles. The molecule has 1 saturated heterocycles. The van der Waals surface area contributed by atoms with Crippen LogP contribution in [0.25, 0.3) is 10.2 Å². The molecule has 37 heavy (non-hydrogen) atoms. The van der Waals surface area contributed by atoms with Gasteiger partial charge in [0.1, 0.15) is 0 Å². The zero-order valence-electron chi connectivity index (χ0n) is 21.8. The van der Waals surface area contributed by atoms with Crippen LogP contribution in [-0.4, -0.2) is 74.4 Å². The van der Waals surface area contributed by atoms with Crippen LogP contribution in [0.5, 0.6) is 0 Å². The summed E-state index contributed by atoms with van der Waals surface area (Å²) in [6.07, 6.45) is 2.86. The van der Waals surface area contributed by atoms with E-state index in [-0.39, 0.29) is 36.0 Å². The van der Waals surface area contributed by atoms with Gasteiger partial charge < -0.3 is 20.3 Å². The minimum Gasteiger partial charge on any atom is -0.381 e. The first-order valence-corrected chi connectivity index (χ1v) is 13.8. The number of benzene rings is 1. The number of nitrogens with one attached hydrogen (secondary N) is 2. The van der Waals surface area contributed by atoms with E-state index in [4.69, 9.17) is 16.3 Å². The number of thiazole rings is 1. The Kier molecular flexibility index (Phi) is 11.1. The van der Waals surface area contributed by atoms with Crippen molar-refractivity contribution in [1.29, 1.82) is 0 Å². The van der Waals surface area contributed by atoms with Crippen molar-refractivity contribution in [3.8, 4) is 0 Å². The van der Waals surface area contributed by atoms with E-state index in [0.29, 0.717) is 49.6 Å². The maximum absolute atomic E-state index is 13.6. The molecule has 1 fully saturated rings. The molecular formula is C27H37ClN4O4S. The topological polar surface area (TPSA) is 101 Å². The van der Waals surface area contributed by atoms with E-state index in [1.807, 2.05) is 31.1 Å². The average Bonchev–Trinajstić information content (AvgIpc) is 3.27. The molecule has 1 aromatic carbocycles. The van der Waals surface area contributed by atoms with Gasteiger partial charge in [-0.2, -0.15) is 0 Å². The fourth-order valence-corrected chi connectivity index (χ4v) is 5.93. The third kappa shape index (κ3) is 8.88. The smallest absolute Gasteiger partial charge is 0.224 e. The van der Waals surface area contributed by atoms with E-state index in [2.05, 4.69) is 22.2 Å². The first-order valence-electron chi connectivity index (χ1n) is 12.7. The molecule has 0 bridgehead atoms. The van der Waals surface area contributed by atoms with Crippen molar-refractivity contribution in [2.45, 2.75) is 44.6 Å². The molecule has 1 aliphatic rings. The minimum atomic E-state index is -0.585. The number of hydrogen-bond donors (Lipinski definition) is 2. The molecular weight excluding hydrogens is 512 g/mol. The Morgan fingerprint density at radius 3 is 2.68 bits per heavy atom. The summed E-state index contributed by atoms with van der Waals surface area (Å²) in [6, 6.07) is 5.31. The summed E-state index contributed by atoms with van der Waals surface area (Å²) in [4.78, 5) is 45.1. The Bertz CT molecular complexity index is 1110. The van der Waals surface area contributed by atoms with Crippen LogP contribution in [-0.2, 0) is 25.5 Å². The number of nitrogens with zero attached hydrogens (tertiary/aromatic N) is 2. The standard InChI is InChI=1S/C27H37ClN4O4S/c1-17(16-32(3)4)23(33)8-7-21(18-9-11-36-12-10-18)31-27(35)19(13-25(34)29-2)14-26-30-22-6-5-20(28)15-24(22)37-26/h5-6,15,18-19,21H,1,7-14,16H2,2-4H3,(H,29,34)(H,31,35)/t19-,21+/m0/s1. The van der Waals surface area contributed by atoms with Gasteiger partial charge in [0.15, 0.2) is 5.78 Å². The van der Waals surface area contributed by atoms with Gasteiger partial charge in [0.05, 0.1) is 21.1 Å². The van der Waals surface area contributed by atoms with E-state index >= 15 is 0 Å². The quantitative estimate of drug-likeness (QED) is 0.371. The SMILES string of the molecule is C=C(CN(C)C)C(=O)CC[C@@H](NC(=O)[C@@H](CC(=O)NC)Cc1nc2ccc(Cl)cc2s1)C1CCOCC1. The van der Waals surface area contributed by atoms with Gasteiger partial charge in [-0.15, -0.1) is 11.3 Å². The summed E-state index contributed by atoms with van der Waals surface area (Å²) in [5, 5.41) is 7.24. The molecule has 0 spiro atoms. The van der Waals surface area contributed by atoms with E-state index < -0.39 is 5.92 Å². The molecule has 10 heteroatoms. The van der Waals surface area contributed by atoms with Gasteiger partial charge in [0.25, 0.3) is 0 Å². The van der Waals surface area contributed by atoms with E-state index in [0.717, 1.165) is 28.1 Å². The van der Waals surface area contributed by atoms with Crippen LogP contribution in [0, 0.1) is 11.8 Å². The number of halogens is 1. The van der Waals surface area contributed by atoms with Gasteiger partial charge in [0, 0.05) is 62.7 Å². The van der Waals surface area contributed by atoms with Gasteiger partial charge in [-0.25, -0.2) is 4.98 Å². The minimum absolute atomic E-state index is 0.00931. The van der Waals surface area contributed by atoms with Gasteiger partial charge in [-0.1, -0.05) is 18.2 Å². The number of carbonyl (C=O) groups is 3. The molecule has 2 heterocycles. The predicted molar refractivity (Wildman–Crippen MR) is 148 cm³/mol. The van der Waals surface area contributed by atoms with Gasteiger partial charge in [0.2, 0.25) is 11.8 Å². The number of hydrogen-bond acceptors (Lipinski definition) is 7. The summed E-state index contributed by atoms with van der Waals surface area (Å²) >= 11 is 7.60. The van der Waals surface area contributed by atoms with Crippen LogP contribution in [0.1, 0.15) is 37.1 Å². The molecule has 0 saturated carbocycles. The van der Waals surface area contributed by atoms with Crippen molar-refractivity contribution in [3.05, 3.63) is 40.4 Å². The fraction of sp³-hybridized carbons (Fsp3) is 0.556. The maximum Gasteiger partial charge on any atom is 0.224 e. The number of ketones is 1. The predicted octanol–water partition coefficient (Wildman–Crippen LogP) is 3.62. The number of likely N-dealkylation sites (N-methyl/N-ethyl adjacent to an activating group) is 1. The molecule has 0 aliphatic carbocycles. The zero-order valence-corrected chi connectivity index (χ0v) is 23.4. The number of ether oxygens (including phenoxy) is 1. The summed E-state index contributed by atoms with van der Waals surface area (Å²) < 4.78 is 6.47. The lowest BCUT2D eigenvalue weighted by Gasteiger charge is -2.32. The first-order chi connectivity index (χ1) is 17.7. The fourth-order valence-electron chi connectivity index (χ4n) is 4.61. The molecule has 2 atom stereocenters. The van der Waals surface area contributed by atoms with Gasteiger partial charge in [-0.05, 0) is 57.5 Å². The number of Topliss-reactive ketones (excluding diaryl/α,β-unsaturated/α-hetero) is 1. The van der Waals surface area contributed by atoms with Crippen molar-refractivity contribution in [1.82, 2.24) is 20.5 Å². The number of fused-ring (bicyclic) bond motifs is 1. The summed E-state index contributed by atoms with van der Waals surface area (Å²) in [5.41, 5.74) is 1.38. The maximum atomic E-state index is 13.6. The molecule has 0 radical (unpaired) electrons. The lowest BCUT2D eigenvalue weighted by Crippen LogP contribution is -2.46. The van der Waals surface area contributed by atoms with E-state index in [9.17, 15) is 14.4 Å². The van der Waals surface area contributed by atoms with Gasteiger partial charge in [-0.3, -0.25) is 14.4 Å². The highest BCUT2D eigenvalue weighted by Gasteiger charge is 2.30. The molecule has 202 valence electrons. The monoisotopic (exact) mass is 548 g/mol. The number of carbonyl (C=O) groups excluding carboxylic acids is 3. The van der Waals surface area contributed by atoms with Crippen LogP contribution >= 0.6 is 22.9 Å². The molecule has 2 aromatic rings. The van der Waals surface area contributed by atoms with Crippen molar-refractivity contribution < 1.29 is 19.1 Å². The van der Waals surface area contributed by atoms with Crippen molar-refractivity contribution in [2.24, 2.45) is 11.8 Å². The number of rotatable bonds is 13. The highest BCUT2D eigenvalue weighted by atomic mass is 35.5. The number of aromatic nitrogens is 1. The second kappa shape index (κ2) is 14.0. The Morgan fingerprint density at radius 2 is 2.00 bits per heavy atom.